The minimum absolute atomic E-state index is 0.00842. The van der Waals surface area contributed by atoms with Gasteiger partial charge in [-0.3, -0.25) is 19.3 Å². The average Bonchev–Trinajstić information content (AvgIpc) is 2.93. The topological polar surface area (TPSA) is 66.5 Å². The predicted molar refractivity (Wildman–Crippen MR) is 103 cm³/mol. The van der Waals surface area contributed by atoms with Gasteiger partial charge in [0.2, 0.25) is 0 Å². The second-order valence-electron chi connectivity index (χ2n) is 6.10. The fourth-order valence-electron chi connectivity index (χ4n) is 2.52. The summed E-state index contributed by atoms with van der Waals surface area (Å²) < 4.78 is 26.5. The van der Waals surface area contributed by atoms with Gasteiger partial charge in [-0.25, -0.2) is 8.78 Å². The van der Waals surface area contributed by atoms with E-state index in [-0.39, 0.29) is 23.6 Å². The van der Waals surface area contributed by atoms with Crippen LogP contribution in [0.5, 0.6) is 0 Å². The summed E-state index contributed by atoms with van der Waals surface area (Å²) in [4.78, 5) is 37.8. The maximum Gasteiger partial charge on any atom is 0.293 e. The minimum atomic E-state index is -0.493. The first-order valence-corrected chi connectivity index (χ1v) is 9.22. The Bertz CT molecular complexity index is 974. The smallest absolute Gasteiger partial charge is 0.293 e. The Kier molecular flexibility index (Phi) is 5.89. The molecule has 2 aromatic rings. The number of imide groups is 1. The summed E-state index contributed by atoms with van der Waals surface area (Å²) in [7, 11) is 0. The van der Waals surface area contributed by atoms with Crippen molar-refractivity contribution in [2.45, 2.75) is 6.92 Å². The van der Waals surface area contributed by atoms with Gasteiger partial charge in [-0.1, -0.05) is 18.2 Å². The summed E-state index contributed by atoms with van der Waals surface area (Å²) in [5, 5.41) is 2.11. The predicted octanol–water partition coefficient (Wildman–Crippen LogP) is 3.74. The van der Waals surface area contributed by atoms with E-state index in [1.807, 2.05) is 0 Å². The normalized spacial score (nSPS) is 15.4. The Morgan fingerprint density at radius 2 is 1.86 bits per heavy atom. The van der Waals surface area contributed by atoms with Gasteiger partial charge in [0.25, 0.3) is 17.1 Å². The lowest BCUT2D eigenvalue weighted by Crippen LogP contribution is -2.37. The molecule has 0 atom stereocenters. The largest absolute Gasteiger partial charge is 0.350 e. The highest BCUT2D eigenvalue weighted by atomic mass is 32.2. The number of hydrogen-bond acceptors (Lipinski definition) is 4. The minimum Gasteiger partial charge on any atom is -0.350 e. The maximum atomic E-state index is 13.5. The quantitative estimate of drug-likeness (QED) is 0.774. The number of halogens is 2. The Morgan fingerprint density at radius 1 is 1.14 bits per heavy atom. The molecule has 0 radical (unpaired) electrons. The van der Waals surface area contributed by atoms with Crippen molar-refractivity contribution >= 4 is 34.9 Å². The van der Waals surface area contributed by atoms with E-state index >= 15 is 0 Å². The first-order chi connectivity index (χ1) is 13.3. The van der Waals surface area contributed by atoms with Crippen molar-refractivity contribution in [3.63, 3.8) is 0 Å². The molecule has 1 N–H and O–H groups in total. The van der Waals surface area contributed by atoms with Crippen LogP contribution in [0.2, 0.25) is 0 Å². The zero-order chi connectivity index (χ0) is 20.3. The van der Waals surface area contributed by atoms with Crippen LogP contribution in [0, 0.1) is 18.6 Å². The highest BCUT2D eigenvalue weighted by molar-refractivity contribution is 8.18. The van der Waals surface area contributed by atoms with Crippen LogP contribution in [0.15, 0.2) is 47.4 Å². The third kappa shape index (κ3) is 4.45. The lowest BCUT2D eigenvalue weighted by Gasteiger charge is -2.13. The maximum absolute atomic E-state index is 13.5. The van der Waals surface area contributed by atoms with Crippen molar-refractivity contribution in [3.05, 3.63) is 75.7 Å². The van der Waals surface area contributed by atoms with Crippen LogP contribution in [0.4, 0.5) is 13.6 Å². The molecular weight excluding hydrogens is 386 g/mol. The first-order valence-electron chi connectivity index (χ1n) is 8.40. The van der Waals surface area contributed by atoms with E-state index in [2.05, 4.69) is 5.32 Å². The molecule has 1 heterocycles. The van der Waals surface area contributed by atoms with E-state index in [4.69, 9.17) is 0 Å². The van der Waals surface area contributed by atoms with Gasteiger partial charge in [0.15, 0.2) is 0 Å². The van der Waals surface area contributed by atoms with Gasteiger partial charge in [-0.15, -0.1) is 0 Å². The van der Waals surface area contributed by atoms with Crippen molar-refractivity contribution in [2.24, 2.45) is 0 Å². The molecule has 8 heteroatoms. The molecule has 0 saturated carbocycles. The molecule has 0 aliphatic carbocycles. The van der Waals surface area contributed by atoms with Crippen molar-refractivity contribution in [1.29, 1.82) is 0 Å². The van der Waals surface area contributed by atoms with Crippen LogP contribution in [-0.4, -0.2) is 35.0 Å². The molecule has 144 valence electrons. The molecule has 1 aliphatic rings. The molecule has 3 amide bonds. The SMILES string of the molecule is Cc1ccc(C(=O)NCCN2C(=O)S/C(=C\c3ccc(F)cc3)C2=O)cc1F. The number of carbonyl (C=O) groups is 3. The molecular formula is C20H16F2N2O3S. The highest BCUT2D eigenvalue weighted by Gasteiger charge is 2.34. The van der Waals surface area contributed by atoms with Gasteiger partial charge in [-0.2, -0.15) is 0 Å². The van der Waals surface area contributed by atoms with Crippen molar-refractivity contribution in [3.8, 4) is 0 Å². The number of nitrogens with one attached hydrogen (secondary N) is 1. The van der Waals surface area contributed by atoms with E-state index in [1.54, 1.807) is 6.92 Å². The highest BCUT2D eigenvalue weighted by Crippen LogP contribution is 2.31. The first kappa shape index (κ1) is 19.8. The van der Waals surface area contributed by atoms with Crippen LogP contribution < -0.4 is 5.32 Å². The van der Waals surface area contributed by atoms with Gasteiger partial charge in [-0.05, 0) is 60.2 Å². The Labute approximate surface area is 164 Å². The van der Waals surface area contributed by atoms with Gasteiger partial charge < -0.3 is 5.32 Å². The zero-order valence-corrected chi connectivity index (χ0v) is 15.7. The van der Waals surface area contributed by atoms with Gasteiger partial charge >= 0.3 is 0 Å². The van der Waals surface area contributed by atoms with Crippen LogP contribution in [0.1, 0.15) is 21.5 Å². The average molecular weight is 402 g/mol. The van der Waals surface area contributed by atoms with E-state index in [0.717, 1.165) is 22.7 Å². The molecule has 0 unspecified atom stereocenters. The molecule has 2 aromatic carbocycles. The zero-order valence-electron chi connectivity index (χ0n) is 14.9. The number of nitrogens with zero attached hydrogens (tertiary/aromatic N) is 1. The van der Waals surface area contributed by atoms with Crippen LogP contribution >= 0.6 is 11.8 Å². The summed E-state index contributed by atoms with van der Waals surface area (Å²) in [6.07, 6.45) is 1.51. The molecule has 1 aliphatic heterocycles. The van der Waals surface area contributed by atoms with E-state index in [1.165, 1.54) is 42.5 Å². The Hall–Kier alpha value is -3.00. The van der Waals surface area contributed by atoms with E-state index in [0.29, 0.717) is 11.1 Å². The van der Waals surface area contributed by atoms with Crippen molar-refractivity contribution < 1.29 is 23.2 Å². The summed E-state index contributed by atoms with van der Waals surface area (Å²) >= 11 is 0.782. The van der Waals surface area contributed by atoms with Gasteiger partial charge in [0.1, 0.15) is 11.6 Å². The number of thioether (sulfide) groups is 1. The van der Waals surface area contributed by atoms with Crippen molar-refractivity contribution in [1.82, 2.24) is 10.2 Å². The lowest BCUT2D eigenvalue weighted by molar-refractivity contribution is -0.122. The fraction of sp³-hybridized carbons (Fsp3) is 0.150. The Balaban J connectivity index is 1.59. The molecule has 3 rings (SSSR count). The number of carbonyl (C=O) groups excluding carboxylic acids is 3. The third-order valence-electron chi connectivity index (χ3n) is 4.10. The third-order valence-corrected chi connectivity index (χ3v) is 5.00. The molecule has 0 spiro atoms. The fourth-order valence-corrected chi connectivity index (χ4v) is 3.39. The summed E-state index contributed by atoms with van der Waals surface area (Å²) in [6.45, 7) is 1.62. The molecule has 1 fully saturated rings. The summed E-state index contributed by atoms with van der Waals surface area (Å²) in [6, 6.07) is 9.67. The molecule has 5 nitrogen and oxygen atoms in total. The number of aryl methyl sites for hydroxylation is 1. The number of rotatable bonds is 5. The molecule has 1 saturated heterocycles. The van der Waals surface area contributed by atoms with Gasteiger partial charge in [0, 0.05) is 18.7 Å². The molecule has 28 heavy (non-hydrogen) atoms. The molecule has 0 bridgehead atoms. The van der Waals surface area contributed by atoms with E-state index in [9.17, 15) is 23.2 Å². The monoisotopic (exact) mass is 402 g/mol. The van der Waals surface area contributed by atoms with Crippen molar-refractivity contribution in [2.75, 3.05) is 13.1 Å². The summed E-state index contributed by atoms with van der Waals surface area (Å²) in [5.74, 6) is -1.85. The second-order valence-corrected chi connectivity index (χ2v) is 7.10. The standard InChI is InChI=1S/C20H16F2N2O3S/c1-12-2-5-14(11-16(12)22)18(25)23-8-9-24-19(26)17(28-20(24)27)10-13-3-6-15(21)7-4-13/h2-7,10-11H,8-9H2,1H3,(H,23,25)/b17-10-. The number of benzene rings is 2. The second kappa shape index (κ2) is 8.35. The van der Waals surface area contributed by atoms with E-state index < -0.39 is 28.7 Å². The van der Waals surface area contributed by atoms with Gasteiger partial charge in [0.05, 0.1) is 4.91 Å². The lowest BCUT2D eigenvalue weighted by atomic mass is 10.1. The van der Waals surface area contributed by atoms with Crippen LogP contribution in [-0.2, 0) is 4.79 Å². The van der Waals surface area contributed by atoms with Crippen LogP contribution in [0.3, 0.4) is 0 Å². The molecule has 0 aromatic heterocycles. The van der Waals surface area contributed by atoms with Crippen LogP contribution in [0.25, 0.3) is 6.08 Å². The number of amides is 3. The Morgan fingerprint density at radius 3 is 2.54 bits per heavy atom. The summed E-state index contributed by atoms with van der Waals surface area (Å²) in [5.41, 5.74) is 1.19. The number of hydrogen-bond donors (Lipinski definition) is 1.